The predicted molar refractivity (Wildman–Crippen MR) is 287 cm³/mol. The van der Waals surface area contributed by atoms with E-state index < -0.39 is 0 Å². The van der Waals surface area contributed by atoms with Crippen LogP contribution < -0.4 is 0 Å². The van der Waals surface area contributed by atoms with Crippen molar-refractivity contribution in [2.24, 2.45) is 9.98 Å². The number of nitrogens with zero attached hydrogens (tertiary/aromatic N) is 2. The molecule has 5 heteroatoms. The molecule has 0 N–H and O–H groups in total. The fourth-order valence-electron chi connectivity index (χ4n) is 10.00. The molecule has 1 atom stereocenters. The Kier molecular flexibility index (Phi) is 9.09. The van der Waals surface area contributed by atoms with Crippen molar-refractivity contribution in [3.63, 3.8) is 0 Å². The number of furan rings is 1. The van der Waals surface area contributed by atoms with Gasteiger partial charge in [0.25, 0.3) is 0 Å². The van der Waals surface area contributed by atoms with Crippen LogP contribution in [0.4, 0.5) is 0 Å². The summed E-state index contributed by atoms with van der Waals surface area (Å²) in [6, 6.07) is 67.9. The van der Waals surface area contributed by atoms with Gasteiger partial charge >= 0.3 is 0 Å². The minimum atomic E-state index is -0.295. The van der Waals surface area contributed by atoms with E-state index >= 15 is 0 Å². The predicted octanol–water partition coefficient (Wildman–Crippen LogP) is 18.0. The van der Waals surface area contributed by atoms with E-state index in [2.05, 4.69) is 202 Å². The number of aliphatic imine (C=N–C) groups is 2. The Labute approximate surface area is 388 Å². The molecule has 3 heterocycles. The van der Waals surface area contributed by atoms with Crippen LogP contribution in [-0.4, -0.2) is 11.5 Å². The van der Waals surface area contributed by atoms with E-state index in [9.17, 15) is 0 Å². The normalized spacial score (nSPS) is 13.4. The minimum Gasteiger partial charge on any atom is -0.456 e. The second kappa shape index (κ2) is 15.5. The molecule has 0 bridgehead atoms. The molecule has 0 aliphatic rings. The van der Waals surface area contributed by atoms with E-state index in [1.54, 1.807) is 0 Å². The lowest BCUT2D eigenvalue weighted by Crippen LogP contribution is -2.06. The van der Waals surface area contributed by atoms with Crippen LogP contribution in [0.1, 0.15) is 36.6 Å². The van der Waals surface area contributed by atoms with Crippen molar-refractivity contribution in [1.82, 2.24) is 0 Å². The Balaban J connectivity index is 0.952. The van der Waals surface area contributed by atoms with Gasteiger partial charge in [-0.15, -0.1) is 22.7 Å². The van der Waals surface area contributed by atoms with Gasteiger partial charge in [0.2, 0.25) is 0 Å². The Morgan fingerprint density at radius 2 is 0.955 bits per heavy atom. The van der Waals surface area contributed by atoms with Gasteiger partial charge in [-0.3, -0.25) is 4.99 Å². The van der Waals surface area contributed by atoms with Crippen molar-refractivity contribution in [2.75, 3.05) is 0 Å². The standard InChI is InChI=1S/C61H40N2OS2/c1-3-12-54(40-25-30-60-53(34-40)52-33-39(24-29-59(52)66-60)38-23-28-58-51(32-38)49-18-9-11-20-57(49)65-58)63-61(41-22-27-48-47-17-8-10-19-55(47)64-56(48)35-41)62-36(2)37-21-26-46-44-15-5-4-13-42(44)43-14-6-7-16-45(43)50(46)31-37/h3-35,54H,1-2H3/b12-3-,62-36?,63-61?. The number of benzene rings is 10. The monoisotopic (exact) mass is 880 g/mol. The molecule has 10 aromatic carbocycles. The van der Waals surface area contributed by atoms with Gasteiger partial charge in [0.05, 0.1) is 6.04 Å². The average Bonchev–Trinajstić information content (AvgIpc) is 4.06. The van der Waals surface area contributed by atoms with Crippen LogP contribution in [0.3, 0.4) is 0 Å². The lowest BCUT2D eigenvalue weighted by molar-refractivity contribution is 0.669. The molecule has 0 radical (unpaired) electrons. The summed E-state index contributed by atoms with van der Waals surface area (Å²) in [5, 5.41) is 14.8. The first-order chi connectivity index (χ1) is 32.5. The number of allylic oxidation sites excluding steroid dienone is 1. The average molecular weight is 881 g/mol. The molecule has 66 heavy (non-hydrogen) atoms. The highest BCUT2D eigenvalue weighted by atomic mass is 32.1. The van der Waals surface area contributed by atoms with E-state index in [1.165, 1.54) is 83.8 Å². The molecule has 13 aromatic rings. The summed E-state index contributed by atoms with van der Waals surface area (Å²) in [5.74, 6) is 0.648. The number of amidine groups is 1. The molecule has 1 unspecified atom stereocenters. The van der Waals surface area contributed by atoms with E-state index in [-0.39, 0.29) is 6.04 Å². The maximum atomic E-state index is 6.44. The highest BCUT2D eigenvalue weighted by molar-refractivity contribution is 7.26. The lowest BCUT2D eigenvalue weighted by Gasteiger charge is -2.14. The largest absolute Gasteiger partial charge is 0.456 e. The molecule has 0 aliphatic heterocycles. The highest BCUT2D eigenvalue weighted by Crippen LogP contribution is 2.41. The molecular weight excluding hydrogens is 841 g/mol. The highest BCUT2D eigenvalue weighted by Gasteiger charge is 2.18. The van der Waals surface area contributed by atoms with Crippen LogP contribution in [0, 0.1) is 0 Å². The van der Waals surface area contributed by atoms with Crippen molar-refractivity contribution >= 4 is 129 Å². The summed E-state index contributed by atoms with van der Waals surface area (Å²) < 4.78 is 11.6. The van der Waals surface area contributed by atoms with Gasteiger partial charge in [0.15, 0.2) is 5.84 Å². The molecule has 0 aliphatic carbocycles. The minimum absolute atomic E-state index is 0.295. The molecule has 312 valence electrons. The summed E-state index contributed by atoms with van der Waals surface area (Å²) in [6.07, 6.45) is 4.28. The van der Waals surface area contributed by atoms with E-state index in [0.717, 1.165) is 44.3 Å². The number of rotatable bonds is 6. The fraction of sp³-hybridized carbons (Fsp3) is 0.0492. The zero-order chi connectivity index (χ0) is 43.9. The first kappa shape index (κ1) is 38.7. The van der Waals surface area contributed by atoms with Crippen LogP contribution in [0.25, 0.3) is 106 Å². The second-order valence-electron chi connectivity index (χ2n) is 17.2. The van der Waals surface area contributed by atoms with Crippen molar-refractivity contribution < 1.29 is 4.42 Å². The number of hydrogen-bond donors (Lipinski definition) is 0. The summed E-state index contributed by atoms with van der Waals surface area (Å²) >= 11 is 3.70. The van der Waals surface area contributed by atoms with Gasteiger partial charge in [-0.2, -0.15) is 0 Å². The Morgan fingerprint density at radius 1 is 0.439 bits per heavy atom. The number of hydrogen-bond acceptors (Lipinski definition) is 4. The molecule has 13 rings (SSSR count). The summed E-state index contributed by atoms with van der Waals surface area (Å²) in [7, 11) is 0. The zero-order valence-electron chi connectivity index (χ0n) is 36.2. The summed E-state index contributed by atoms with van der Waals surface area (Å²) in [6.45, 7) is 4.17. The molecule has 0 spiro atoms. The topological polar surface area (TPSA) is 37.9 Å². The smallest absolute Gasteiger partial charge is 0.155 e. The second-order valence-corrected chi connectivity index (χ2v) is 19.3. The van der Waals surface area contributed by atoms with Crippen molar-refractivity contribution in [1.29, 1.82) is 0 Å². The molecule has 0 amide bonds. The third kappa shape index (κ3) is 6.38. The van der Waals surface area contributed by atoms with Gasteiger partial charge in [-0.25, -0.2) is 4.99 Å². The Bertz CT molecular complexity index is 4180. The van der Waals surface area contributed by atoms with Crippen LogP contribution in [0.5, 0.6) is 0 Å². The number of fused-ring (bicyclic) bond motifs is 15. The van der Waals surface area contributed by atoms with Gasteiger partial charge in [0.1, 0.15) is 11.2 Å². The first-order valence-electron chi connectivity index (χ1n) is 22.4. The third-order valence-electron chi connectivity index (χ3n) is 13.3. The van der Waals surface area contributed by atoms with Crippen LogP contribution in [0.2, 0.25) is 0 Å². The van der Waals surface area contributed by atoms with Gasteiger partial charge in [-0.1, -0.05) is 133 Å². The summed E-state index contributed by atoms with van der Waals surface area (Å²) in [4.78, 5) is 11.0. The molecule has 0 fully saturated rings. The van der Waals surface area contributed by atoms with Crippen LogP contribution >= 0.6 is 22.7 Å². The fourth-order valence-corrected chi connectivity index (χ4v) is 12.1. The van der Waals surface area contributed by atoms with Gasteiger partial charge in [0, 0.05) is 62.4 Å². The third-order valence-corrected chi connectivity index (χ3v) is 15.6. The van der Waals surface area contributed by atoms with E-state index in [0.29, 0.717) is 5.84 Å². The zero-order valence-corrected chi connectivity index (χ0v) is 37.9. The van der Waals surface area contributed by atoms with Crippen LogP contribution in [0.15, 0.2) is 215 Å². The maximum Gasteiger partial charge on any atom is 0.155 e. The molecule has 3 nitrogen and oxygen atoms in total. The van der Waals surface area contributed by atoms with E-state index in [1.807, 2.05) is 34.8 Å². The molecular formula is C61H40N2OS2. The first-order valence-corrected chi connectivity index (χ1v) is 24.1. The SMILES string of the molecule is C/C=C\C(N=C(N=C(C)c1ccc2c3ccccc3c3ccccc3c2c1)c1ccc2c(c1)oc1ccccc12)c1ccc2sc3ccc(-c4ccc5sc6ccccc6c5c4)cc3c2c1. The van der Waals surface area contributed by atoms with Crippen molar-refractivity contribution in [2.45, 2.75) is 19.9 Å². The van der Waals surface area contributed by atoms with Gasteiger partial charge in [-0.05, 0) is 135 Å². The molecule has 0 saturated carbocycles. The quantitative estimate of drug-likeness (QED) is 0.0710. The Morgan fingerprint density at radius 3 is 1.65 bits per heavy atom. The molecule has 3 aromatic heterocycles. The molecule has 0 saturated heterocycles. The van der Waals surface area contributed by atoms with Gasteiger partial charge < -0.3 is 4.42 Å². The number of para-hydroxylation sites is 1. The number of thiophene rings is 2. The van der Waals surface area contributed by atoms with Crippen molar-refractivity contribution in [3.05, 3.63) is 217 Å². The lowest BCUT2D eigenvalue weighted by atomic mass is 9.93. The van der Waals surface area contributed by atoms with Crippen molar-refractivity contribution in [3.8, 4) is 11.1 Å². The van der Waals surface area contributed by atoms with Crippen LogP contribution in [-0.2, 0) is 0 Å². The van der Waals surface area contributed by atoms with E-state index in [4.69, 9.17) is 14.4 Å². The maximum absolute atomic E-state index is 6.44. The summed E-state index contributed by atoms with van der Waals surface area (Å²) in [5.41, 5.74) is 8.07. The Hall–Kier alpha value is -7.70.